The predicted molar refractivity (Wildman–Crippen MR) is 329 cm³/mol. The fourth-order valence-electron chi connectivity index (χ4n) is 8.65. The molecule has 0 amide bonds. The van der Waals surface area contributed by atoms with Crippen LogP contribution in [0.4, 0.5) is 0 Å². The number of rotatable bonds is 10. The van der Waals surface area contributed by atoms with Crippen LogP contribution in [0.1, 0.15) is 211 Å². The molecule has 0 heterocycles. The van der Waals surface area contributed by atoms with E-state index in [1.54, 1.807) is 0 Å². The van der Waals surface area contributed by atoms with Crippen molar-refractivity contribution in [2.75, 3.05) is 6.66 Å². The molecule has 0 N–H and O–H groups in total. The molecule has 0 spiro atoms. The van der Waals surface area contributed by atoms with E-state index in [1.807, 2.05) is 12.7 Å². The van der Waals surface area contributed by atoms with E-state index < -0.39 is 16.8 Å². The van der Waals surface area contributed by atoms with Crippen LogP contribution in [0.25, 0.3) is 11.1 Å². The molecular formula is C69H96O4P2. The van der Waals surface area contributed by atoms with Crippen LogP contribution in [-0.4, -0.2) is 6.66 Å². The molecule has 0 aliphatic carbocycles. The Morgan fingerprint density at radius 3 is 0.773 bits per heavy atom. The molecule has 0 aromatic heterocycles. The van der Waals surface area contributed by atoms with Crippen LogP contribution in [0.5, 0.6) is 23.0 Å². The Labute approximate surface area is 460 Å². The summed E-state index contributed by atoms with van der Waals surface area (Å²) in [6.45, 7) is 56.1. The summed E-state index contributed by atoms with van der Waals surface area (Å²) in [5.41, 5.74) is 12.5. The summed E-state index contributed by atoms with van der Waals surface area (Å²) in [5, 5.41) is 1.04. The van der Waals surface area contributed by atoms with Gasteiger partial charge in [0.15, 0.2) is 0 Å². The van der Waals surface area contributed by atoms with Gasteiger partial charge in [-0.3, -0.25) is 0 Å². The maximum absolute atomic E-state index is 6.98. The number of hydrogen-bond acceptors (Lipinski definition) is 4. The van der Waals surface area contributed by atoms with Gasteiger partial charge < -0.3 is 18.1 Å². The van der Waals surface area contributed by atoms with Gasteiger partial charge in [-0.05, 0) is 113 Å². The van der Waals surface area contributed by atoms with Crippen molar-refractivity contribution in [3.05, 3.63) is 172 Å². The average Bonchev–Trinajstić information content (AvgIpc) is 3.27. The molecule has 0 aliphatic rings. The van der Waals surface area contributed by atoms with Gasteiger partial charge >= 0.3 is 8.38 Å². The van der Waals surface area contributed by atoms with Crippen molar-refractivity contribution in [2.24, 2.45) is 0 Å². The highest BCUT2D eigenvalue weighted by molar-refractivity contribution is 7.56. The molecule has 6 aromatic carbocycles. The molecule has 4 nitrogen and oxygen atoms in total. The summed E-state index contributed by atoms with van der Waals surface area (Å²) >= 11 is 0. The zero-order valence-electron chi connectivity index (χ0n) is 51.2. The lowest BCUT2D eigenvalue weighted by atomic mass is 9.80. The van der Waals surface area contributed by atoms with Gasteiger partial charge in [-0.25, -0.2) is 0 Å². The van der Waals surface area contributed by atoms with Crippen LogP contribution >= 0.6 is 16.8 Å². The molecule has 0 saturated heterocycles. The van der Waals surface area contributed by atoms with E-state index in [0.717, 1.165) is 28.3 Å². The molecule has 6 rings (SSSR count). The first-order valence-corrected chi connectivity index (χ1v) is 30.0. The van der Waals surface area contributed by atoms with Gasteiger partial charge in [-0.15, -0.1) is 0 Å². The second kappa shape index (κ2) is 22.8. The normalized spacial score (nSPS) is 13.1. The van der Waals surface area contributed by atoms with Crippen molar-refractivity contribution < 1.29 is 18.1 Å². The fourth-order valence-corrected chi connectivity index (χ4v) is 10.9. The molecule has 0 unspecified atom stereocenters. The van der Waals surface area contributed by atoms with Crippen molar-refractivity contribution >= 4 is 22.1 Å². The number of benzene rings is 6. The molecule has 406 valence electrons. The van der Waals surface area contributed by atoms with Crippen LogP contribution in [0.15, 0.2) is 127 Å². The van der Waals surface area contributed by atoms with Crippen LogP contribution < -0.4 is 23.4 Å². The van der Waals surface area contributed by atoms with E-state index in [2.05, 4.69) is 287 Å². The predicted octanol–water partition coefficient (Wildman–Crippen LogP) is 20.9. The highest BCUT2D eigenvalue weighted by Crippen LogP contribution is 2.49. The van der Waals surface area contributed by atoms with Gasteiger partial charge in [0.05, 0.1) is 5.30 Å². The van der Waals surface area contributed by atoms with E-state index >= 15 is 0 Å². The molecule has 0 fully saturated rings. The second-order valence-corrected chi connectivity index (χ2v) is 31.5. The Balaban J connectivity index is 0.000000290. The zero-order chi connectivity index (χ0) is 56.5. The summed E-state index contributed by atoms with van der Waals surface area (Å²) in [6, 6.07) is 45.7. The van der Waals surface area contributed by atoms with Gasteiger partial charge in [-0.1, -0.05) is 257 Å². The van der Waals surface area contributed by atoms with Crippen molar-refractivity contribution in [3.63, 3.8) is 0 Å². The summed E-state index contributed by atoms with van der Waals surface area (Å²) in [4.78, 5) is 0. The summed E-state index contributed by atoms with van der Waals surface area (Å²) < 4.78 is 26.9. The fraction of sp³-hybridized carbons (Fsp3) is 0.478. The third-order valence-corrected chi connectivity index (χ3v) is 16.0. The lowest BCUT2D eigenvalue weighted by Crippen LogP contribution is -2.20. The highest BCUT2D eigenvalue weighted by atomic mass is 31.2. The summed E-state index contributed by atoms with van der Waals surface area (Å²) in [5.74, 6) is 3.59. The summed E-state index contributed by atoms with van der Waals surface area (Å²) in [6.07, 6.45) is 0. The van der Waals surface area contributed by atoms with Gasteiger partial charge in [0.25, 0.3) is 8.38 Å². The van der Waals surface area contributed by atoms with Crippen molar-refractivity contribution in [3.8, 4) is 34.1 Å². The van der Waals surface area contributed by atoms with Gasteiger partial charge in [0.1, 0.15) is 23.0 Å². The second-order valence-electron chi connectivity index (χ2n) is 28.8. The van der Waals surface area contributed by atoms with Crippen LogP contribution in [0.2, 0.25) is 0 Å². The minimum absolute atomic E-state index is 0.0162. The Morgan fingerprint density at radius 2 is 0.520 bits per heavy atom. The van der Waals surface area contributed by atoms with E-state index in [4.69, 9.17) is 18.1 Å². The Kier molecular flexibility index (Phi) is 18.6. The molecule has 75 heavy (non-hydrogen) atoms. The lowest BCUT2D eigenvalue weighted by molar-refractivity contribution is 0.462. The monoisotopic (exact) mass is 1050 g/mol. The molecule has 6 aromatic rings. The van der Waals surface area contributed by atoms with Gasteiger partial charge in [0, 0.05) is 28.9 Å². The molecule has 0 atom stereocenters. The standard InChI is InChI=1S/C40H51O2P.C29H45O2P/c1-37(2,3)30-20-24-35(33(26-30)39(7,8)9)41-43(32-22-18-29(19-23-32)28-16-14-13-15-17-28)42-36-25-21-31(38(4,5)6)27-34(36)40(10,11)12;1-26(2,3)20-14-16-24(22(18-20)28(7,8)9)30-32(13)31-25-17-15-21(27(4,5)6)19-23(25)29(10,11)12/h13-27H,1-12H3;14-19H,1-13H3. The van der Waals surface area contributed by atoms with Gasteiger partial charge in [0.2, 0.25) is 0 Å². The quantitative estimate of drug-likeness (QED) is 0.128. The molecule has 0 radical (unpaired) electrons. The Morgan fingerprint density at radius 1 is 0.267 bits per heavy atom. The first-order valence-electron chi connectivity index (χ1n) is 27.2. The Bertz CT molecular complexity index is 2680. The largest absolute Gasteiger partial charge is 0.438 e. The minimum atomic E-state index is -1.49. The molecule has 6 heteroatoms. The average molecular weight is 1050 g/mol. The lowest BCUT2D eigenvalue weighted by Gasteiger charge is -2.30. The van der Waals surface area contributed by atoms with Crippen LogP contribution in [0.3, 0.4) is 0 Å². The summed E-state index contributed by atoms with van der Waals surface area (Å²) in [7, 11) is -2.63. The first-order chi connectivity index (χ1) is 34.1. The van der Waals surface area contributed by atoms with Crippen molar-refractivity contribution in [1.82, 2.24) is 0 Å². The van der Waals surface area contributed by atoms with Crippen molar-refractivity contribution in [1.29, 1.82) is 0 Å². The third kappa shape index (κ3) is 16.7. The third-order valence-electron chi connectivity index (χ3n) is 13.6. The maximum Gasteiger partial charge on any atom is 0.326 e. The molecule has 0 saturated carbocycles. The molecular weight excluding hydrogens is 955 g/mol. The first kappa shape index (κ1) is 61.2. The van der Waals surface area contributed by atoms with E-state index in [1.165, 1.54) is 55.6 Å². The maximum atomic E-state index is 6.98. The van der Waals surface area contributed by atoms with E-state index in [9.17, 15) is 0 Å². The smallest absolute Gasteiger partial charge is 0.326 e. The number of hydrogen-bond donors (Lipinski definition) is 0. The van der Waals surface area contributed by atoms with Crippen LogP contribution in [-0.2, 0) is 43.3 Å². The zero-order valence-corrected chi connectivity index (χ0v) is 52.9. The highest BCUT2D eigenvalue weighted by Gasteiger charge is 2.31. The SMILES string of the molecule is CC(C)(C)c1ccc(OP(Oc2ccc(C(C)(C)C)cc2C(C)(C)C)c2ccc(-c3ccccc3)cc2)c(C(C)(C)C)c1.CP(Oc1ccc(C(C)(C)C)cc1C(C)(C)C)Oc1ccc(C(C)(C)C)cc1C(C)(C)C. The van der Waals surface area contributed by atoms with Gasteiger partial charge in [-0.2, -0.15) is 0 Å². The van der Waals surface area contributed by atoms with Crippen LogP contribution in [0, 0.1) is 0 Å². The Hall–Kier alpha value is -4.62. The van der Waals surface area contributed by atoms with E-state index in [-0.39, 0.29) is 43.3 Å². The van der Waals surface area contributed by atoms with E-state index in [0.29, 0.717) is 0 Å². The minimum Gasteiger partial charge on any atom is -0.438 e. The van der Waals surface area contributed by atoms with Crippen molar-refractivity contribution in [2.45, 2.75) is 209 Å². The topological polar surface area (TPSA) is 36.9 Å². The molecule has 0 bridgehead atoms. The molecule has 0 aliphatic heterocycles.